The zero-order valence-corrected chi connectivity index (χ0v) is 12.8. The lowest BCUT2D eigenvalue weighted by Gasteiger charge is -2.33. The molecule has 1 aromatic rings. The second-order valence-corrected chi connectivity index (χ2v) is 6.04. The van der Waals surface area contributed by atoms with Crippen LogP contribution in [0.3, 0.4) is 0 Å². The van der Waals surface area contributed by atoms with E-state index in [9.17, 15) is 4.79 Å². The zero-order chi connectivity index (χ0) is 13.3. The van der Waals surface area contributed by atoms with Gasteiger partial charge in [-0.3, -0.25) is 4.79 Å². The lowest BCUT2D eigenvalue weighted by Crippen LogP contribution is -2.39. The van der Waals surface area contributed by atoms with E-state index in [-0.39, 0.29) is 18.3 Å². The summed E-state index contributed by atoms with van der Waals surface area (Å²) in [5, 5.41) is 3.42. The predicted octanol–water partition coefficient (Wildman–Crippen LogP) is 2.63. The molecule has 4 heteroatoms. The van der Waals surface area contributed by atoms with Gasteiger partial charge >= 0.3 is 0 Å². The molecule has 0 unspecified atom stereocenters. The minimum atomic E-state index is 0. The third-order valence-corrected chi connectivity index (χ3v) is 4.77. The number of rotatable bonds is 1. The fourth-order valence-corrected chi connectivity index (χ4v) is 3.46. The van der Waals surface area contributed by atoms with Gasteiger partial charge in [0.05, 0.1) is 0 Å². The summed E-state index contributed by atoms with van der Waals surface area (Å²) in [7, 11) is 0. The van der Waals surface area contributed by atoms with Gasteiger partial charge in [0.15, 0.2) is 0 Å². The Hall–Kier alpha value is -1.06. The summed E-state index contributed by atoms with van der Waals surface area (Å²) in [5.41, 5.74) is 2.34. The number of hydrogen-bond donors (Lipinski definition) is 1. The maximum Gasteiger partial charge on any atom is 0.254 e. The van der Waals surface area contributed by atoms with Gasteiger partial charge in [0.25, 0.3) is 5.91 Å². The smallest absolute Gasteiger partial charge is 0.254 e. The van der Waals surface area contributed by atoms with Gasteiger partial charge in [-0.2, -0.15) is 0 Å². The summed E-state index contributed by atoms with van der Waals surface area (Å²) in [5.74, 6) is 0.216. The van der Waals surface area contributed by atoms with Gasteiger partial charge in [0, 0.05) is 18.7 Å². The lowest BCUT2D eigenvalue weighted by atomic mass is 9.78. The lowest BCUT2D eigenvalue weighted by molar-refractivity contribution is 0.0761. The number of nitrogens with one attached hydrogen (secondary N) is 1. The highest BCUT2D eigenvalue weighted by Crippen LogP contribution is 2.39. The fourth-order valence-electron chi connectivity index (χ4n) is 3.46. The van der Waals surface area contributed by atoms with Gasteiger partial charge in [-0.15, -0.1) is 12.4 Å². The van der Waals surface area contributed by atoms with Gasteiger partial charge in [-0.25, -0.2) is 0 Å². The van der Waals surface area contributed by atoms with Crippen LogP contribution in [0.5, 0.6) is 0 Å². The third-order valence-electron chi connectivity index (χ3n) is 4.77. The molecule has 2 saturated heterocycles. The summed E-state index contributed by atoms with van der Waals surface area (Å²) in [6.07, 6.45) is 3.60. The number of aryl methyl sites for hydroxylation is 1. The monoisotopic (exact) mass is 294 g/mol. The third kappa shape index (κ3) is 2.84. The number of piperidine rings is 1. The minimum absolute atomic E-state index is 0. The summed E-state index contributed by atoms with van der Waals surface area (Å²) in [6, 6.07) is 7.91. The highest BCUT2D eigenvalue weighted by molar-refractivity contribution is 5.95. The highest BCUT2D eigenvalue weighted by Gasteiger charge is 2.40. The normalized spacial score (nSPS) is 20.8. The van der Waals surface area contributed by atoms with E-state index < -0.39 is 0 Å². The Morgan fingerprint density at radius 2 is 1.90 bits per heavy atom. The molecule has 3 nitrogen and oxygen atoms in total. The van der Waals surface area contributed by atoms with Crippen molar-refractivity contribution in [3.05, 3.63) is 35.4 Å². The van der Waals surface area contributed by atoms with Crippen LogP contribution >= 0.6 is 12.4 Å². The Balaban J connectivity index is 0.00000147. The molecule has 2 heterocycles. The van der Waals surface area contributed by atoms with Crippen LogP contribution in [0.25, 0.3) is 0 Å². The Labute approximate surface area is 127 Å². The molecule has 0 aromatic heterocycles. The summed E-state index contributed by atoms with van der Waals surface area (Å²) < 4.78 is 0. The molecule has 20 heavy (non-hydrogen) atoms. The number of carbonyl (C=O) groups excluding carboxylic acids is 1. The van der Waals surface area contributed by atoms with E-state index in [0.29, 0.717) is 5.41 Å². The van der Waals surface area contributed by atoms with E-state index >= 15 is 0 Å². The van der Waals surface area contributed by atoms with Crippen LogP contribution in [-0.4, -0.2) is 37.0 Å². The van der Waals surface area contributed by atoms with Crippen molar-refractivity contribution < 1.29 is 4.79 Å². The Morgan fingerprint density at radius 1 is 1.20 bits per heavy atom. The van der Waals surface area contributed by atoms with Gasteiger partial charge in [-0.05, 0) is 56.3 Å². The molecule has 3 rings (SSSR count). The van der Waals surface area contributed by atoms with Crippen LogP contribution in [0.4, 0.5) is 0 Å². The minimum Gasteiger partial charge on any atom is -0.338 e. The molecule has 1 N–H and O–H groups in total. The van der Waals surface area contributed by atoms with Gasteiger partial charge in [0.1, 0.15) is 0 Å². The van der Waals surface area contributed by atoms with E-state index in [4.69, 9.17) is 0 Å². The van der Waals surface area contributed by atoms with Crippen molar-refractivity contribution in [2.75, 3.05) is 26.2 Å². The van der Waals surface area contributed by atoms with Crippen molar-refractivity contribution in [3.63, 3.8) is 0 Å². The van der Waals surface area contributed by atoms with Crippen molar-refractivity contribution in [2.24, 2.45) is 5.41 Å². The Bertz CT molecular complexity index is 483. The van der Waals surface area contributed by atoms with Crippen LogP contribution in [0.2, 0.25) is 0 Å². The van der Waals surface area contributed by atoms with E-state index in [1.165, 1.54) is 19.3 Å². The molecule has 2 fully saturated rings. The van der Waals surface area contributed by atoms with Crippen molar-refractivity contribution in [1.29, 1.82) is 0 Å². The van der Waals surface area contributed by atoms with Gasteiger partial charge in [0.2, 0.25) is 0 Å². The van der Waals surface area contributed by atoms with Crippen LogP contribution in [0, 0.1) is 12.3 Å². The quantitative estimate of drug-likeness (QED) is 0.863. The summed E-state index contributed by atoms with van der Waals surface area (Å²) in [6.45, 7) is 6.09. The molecule has 1 amide bonds. The van der Waals surface area contributed by atoms with E-state index in [2.05, 4.69) is 10.2 Å². The van der Waals surface area contributed by atoms with Gasteiger partial charge < -0.3 is 10.2 Å². The molecule has 0 saturated carbocycles. The van der Waals surface area contributed by atoms with Crippen molar-refractivity contribution in [2.45, 2.75) is 26.2 Å². The van der Waals surface area contributed by atoms with E-state index in [1.54, 1.807) is 0 Å². The fraction of sp³-hybridized carbons (Fsp3) is 0.562. The molecule has 2 aliphatic rings. The molecule has 0 bridgehead atoms. The number of likely N-dealkylation sites (tertiary alicyclic amines) is 1. The largest absolute Gasteiger partial charge is 0.338 e. The molecular weight excluding hydrogens is 272 g/mol. The molecule has 1 spiro atoms. The topological polar surface area (TPSA) is 32.3 Å². The number of amides is 1. The summed E-state index contributed by atoms with van der Waals surface area (Å²) in [4.78, 5) is 14.7. The molecule has 0 atom stereocenters. The van der Waals surface area contributed by atoms with Crippen molar-refractivity contribution in [1.82, 2.24) is 10.2 Å². The Morgan fingerprint density at radius 3 is 2.60 bits per heavy atom. The first-order valence-corrected chi connectivity index (χ1v) is 7.26. The standard InChI is InChI=1S/C16H22N2O.ClH/c1-13-4-2-3-5-14(13)15(19)18-11-8-16(12-18)6-9-17-10-7-16;/h2-5,17H,6-12H2,1H3;1H. The molecule has 2 aliphatic heterocycles. The predicted molar refractivity (Wildman–Crippen MR) is 83.5 cm³/mol. The van der Waals surface area contributed by atoms with E-state index in [1.807, 2.05) is 31.2 Å². The van der Waals surface area contributed by atoms with E-state index in [0.717, 1.165) is 37.3 Å². The SMILES string of the molecule is Cc1ccccc1C(=O)N1CCC2(CCNCC2)C1.Cl. The van der Waals surface area contributed by atoms with Crippen LogP contribution < -0.4 is 5.32 Å². The molecule has 0 aliphatic carbocycles. The average molecular weight is 295 g/mol. The van der Waals surface area contributed by atoms with Crippen LogP contribution in [0.1, 0.15) is 35.2 Å². The van der Waals surface area contributed by atoms with Gasteiger partial charge in [-0.1, -0.05) is 18.2 Å². The summed E-state index contributed by atoms with van der Waals surface area (Å²) >= 11 is 0. The second kappa shape index (κ2) is 6.15. The average Bonchev–Trinajstić information content (AvgIpc) is 2.83. The maximum atomic E-state index is 12.6. The molecule has 110 valence electrons. The maximum absolute atomic E-state index is 12.6. The van der Waals surface area contributed by atoms with Crippen LogP contribution in [0.15, 0.2) is 24.3 Å². The molecule has 0 radical (unpaired) electrons. The highest BCUT2D eigenvalue weighted by atomic mass is 35.5. The number of carbonyl (C=O) groups is 1. The first-order valence-electron chi connectivity index (χ1n) is 7.26. The first kappa shape index (κ1) is 15.3. The molecular formula is C16H23ClN2O. The number of halogens is 1. The van der Waals surface area contributed by atoms with Crippen LogP contribution in [-0.2, 0) is 0 Å². The number of hydrogen-bond acceptors (Lipinski definition) is 2. The first-order chi connectivity index (χ1) is 9.20. The van der Waals surface area contributed by atoms with Crippen molar-refractivity contribution >= 4 is 18.3 Å². The van der Waals surface area contributed by atoms with Crippen molar-refractivity contribution in [3.8, 4) is 0 Å². The second-order valence-electron chi connectivity index (χ2n) is 6.04. The number of nitrogens with zero attached hydrogens (tertiary/aromatic N) is 1. The zero-order valence-electron chi connectivity index (χ0n) is 12.0. The number of benzene rings is 1. The molecule has 1 aromatic carbocycles. The Kier molecular flexibility index (Phi) is 4.71.